The van der Waals surface area contributed by atoms with Crippen molar-refractivity contribution in [2.24, 2.45) is 0 Å². The third kappa shape index (κ3) is 7.13. The van der Waals surface area contributed by atoms with E-state index in [4.69, 9.17) is 14.0 Å². The van der Waals surface area contributed by atoms with Crippen LogP contribution in [0.1, 0.15) is 56.9 Å². The van der Waals surface area contributed by atoms with E-state index in [1.165, 1.54) is 11.1 Å². The highest BCUT2D eigenvalue weighted by Crippen LogP contribution is 2.31. The number of pyridine rings is 1. The molecule has 2 heterocycles. The van der Waals surface area contributed by atoms with Crippen molar-refractivity contribution in [3.63, 3.8) is 0 Å². The summed E-state index contributed by atoms with van der Waals surface area (Å²) in [6.45, 7) is 8.22. The molecular weight excluding hydrogens is 478 g/mol. The van der Waals surface area contributed by atoms with E-state index in [9.17, 15) is 4.79 Å². The second-order valence-corrected chi connectivity index (χ2v) is 10.4. The minimum atomic E-state index is -0.444. The number of nitrogens with zero attached hydrogens (tertiary/aromatic N) is 3. The van der Waals surface area contributed by atoms with Gasteiger partial charge in [-0.1, -0.05) is 35.5 Å². The van der Waals surface area contributed by atoms with Gasteiger partial charge < -0.3 is 14.0 Å². The van der Waals surface area contributed by atoms with E-state index in [-0.39, 0.29) is 5.97 Å². The highest BCUT2D eigenvalue weighted by molar-refractivity contribution is 5.74. The van der Waals surface area contributed by atoms with Gasteiger partial charge in [0.1, 0.15) is 5.60 Å². The Morgan fingerprint density at radius 1 is 0.974 bits per heavy atom. The summed E-state index contributed by atoms with van der Waals surface area (Å²) in [5, 5.41) is 4.18. The van der Waals surface area contributed by atoms with E-state index in [2.05, 4.69) is 40.2 Å². The fourth-order valence-corrected chi connectivity index (χ4v) is 4.27. The van der Waals surface area contributed by atoms with Gasteiger partial charge in [-0.15, -0.1) is 0 Å². The van der Waals surface area contributed by atoms with Crippen LogP contribution in [0.5, 0.6) is 0 Å². The number of esters is 1. The maximum atomic E-state index is 11.9. The first-order valence-electron chi connectivity index (χ1n) is 12.9. The van der Waals surface area contributed by atoms with Crippen molar-refractivity contribution in [3.8, 4) is 34.0 Å². The van der Waals surface area contributed by atoms with E-state index in [1.54, 1.807) is 13.3 Å². The number of rotatable bonds is 10. The summed E-state index contributed by atoms with van der Waals surface area (Å²) in [6.07, 6.45) is 4.59. The molecule has 0 radical (unpaired) electrons. The van der Waals surface area contributed by atoms with Gasteiger partial charge in [0.25, 0.3) is 5.89 Å². The van der Waals surface area contributed by atoms with Crippen LogP contribution in [-0.2, 0) is 27.3 Å². The highest BCUT2D eigenvalue weighted by atomic mass is 16.6. The predicted molar refractivity (Wildman–Crippen MR) is 147 cm³/mol. The molecule has 7 heteroatoms. The number of methoxy groups -OCH3 is 1. The third-order valence-electron chi connectivity index (χ3n) is 6.08. The van der Waals surface area contributed by atoms with E-state index in [1.807, 2.05) is 57.2 Å². The summed E-state index contributed by atoms with van der Waals surface area (Å²) < 4.78 is 16.4. The summed E-state index contributed by atoms with van der Waals surface area (Å²) in [4.78, 5) is 21.0. The molecule has 0 fully saturated rings. The molecule has 198 valence electrons. The molecule has 2 aromatic carbocycles. The zero-order chi connectivity index (χ0) is 27.1. The molecule has 38 heavy (non-hydrogen) atoms. The van der Waals surface area contributed by atoms with Crippen molar-refractivity contribution in [2.75, 3.05) is 7.11 Å². The van der Waals surface area contributed by atoms with E-state index in [0.29, 0.717) is 24.7 Å². The molecule has 0 aliphatic heterocycles. The maximum Gasteiger partial charge on any atom is 0.306 e. The molecule has 2 aromatic heterocycles. The monoisotopic (exact) mass is 513 g/mol. The first-order chi connectivity index (χ1) is 18.2. The average Bonchev–Trinajstić information content (AvgIpc) is 3.37. The molecule has 0 aliphatic rings. The minimum Gasteiger partial charge on any atom is -0.460 e. The van der Waals surface area contributed by atoms with Crippen molar-refractivity contribution in [3.05, 3.63) is 77.6 Å². The van der Waals surface area contributed by atoms with E-state index >= 15 is 0 Å². The lowest BCUT2D eigenvalue weighted by atomic mass is 9.94. The van der Waals surface area contributed by atoms with Crippen LogP contribution in [0.4, 0.5) is 0 Å². The van der Waals surface area contributed by atoms with Crippen molar-refractivity contribution < 1.29 is 18.8 Å². The number of aromatic nitrogens is 3. The van der Waals surface area contributed by atoms with Crippen LogP contribution in [0, 0.1) is 6.92 Å². The molecule has 4 rings (SSSR count). The maximum absolute atomic E-state index is 11.9. The van der Waals surface area contributed by atoms with Gasteiger partial charge >= 0.3 is 5.97 Å². The molecular formula is C31H35N3O4. The van der Waals surface area contributed by atoms with Crippen molar-refractivity contribution in [1.82, 2.24) is 15.1 Å². The molecule has 0 N–H and O–H groups in total. The standard InChI is InChI=1S/C31H35N3O4/c1-21-10-6-8-12-26(21)27-17-15-22(18-24(27)20-36-5)30-33-29(34-38-30)23-14-16-25(32-19-23)11-7-9-13-28(35)37-31(2,3)4/h6,8,10,12,14-19H,7,9,11,13,20H2,1-5H3. The van der Waals surface area contributed by atoms with Crippen molar-refractivity contribution in [1.29, 1.82) is 0 Å². The number of aryl methyl sites for hydroxylation is 2. The third-order valence-corrected chi connectivity index (χ3v) is 6.08. The fourth-order valence-electron chi connectivity index (χ4n) is 4.27. The Hall–Kier alpha value is -3.84. The zero-order valence-electron chi connectivity index (χ0n) is 22.8. The smallest absolute Gasteiger partial charge is 0.306 e. The quantitative estimate of drug-likeness (QED) is 0.167. The van der Waals surface area contributed by atoms with Crippen LogP contribution >= 0.6 is 0 Å². The topological polar surface area (TPSA) is 87.3 Å². The summed E-state index contributed by atoms with van der Waals surface area (Å²) in [5.74, 6) is 0.771. The van der Waals surface area contributed by atoms with Gasteiger partial charge in [0.2, 0.25) is 5.82 Å². The van der Waals surface area contributed by atoms with Gasteiger partial charge in [0, 0.05) is 36.5 Å². The van der Waals surface area contributed by atoms with Crippen molar-refractivity contribution >= 4 is 5.97 Å². The largest absolute Gasteiger partial charge is 0.460 e. The molecule has 0 atom stereocenters. The summed E-state index contributed by atoms with van der Waals surface area (Å²) in [5.41, 5.74) is 6.69. The normalized spacial score (nSPS) is 11.5. The molecule has 0 aliphatic carbocycles. The van der Waals surface area contributed by atoms with Gasteiger partial charge in [0.05, 0.1) is 6.61 Å². The van der Waals surface area contributed by atoms with Crippen LogP contribution in [-0.4, -0.2) is 33.8 Å². The number of hydrogen-bond donors (Lipinski definition) is 0. The molecule has 0 unspecified atom stereocenters. The Morgan fingerprint density at radius 3 is 2.47 bits per heavy atom. The molecule has 0 saturated carbocycles. The summed E-state index contributed by atoms with van der Waals surface area (Å²) >= 11 is 0. The molecule has 4 aromatic rings. The number of benzene rings is 2. The average molecular weight is 514 g/mol. The first kappa shape index (κ1) is 27.2. The van der Waals surface area contributed by atoms with Crippen LogP contribution in [0.2, 0.25) is 0 Å². The Bertz CT molecular complexity index is 1370. The van der Waals surface area contributed by atoms with Crippen LogP contribution < -0.4 is 0 Å². The van der Waals surface area contributed by atoms with Gasteiger partial charge in [-0.2, -0.15) is 4.98 Å². The Kier molecular flexibility index (Phi) is 8.69. The fraction of sp³-hybridized carbons (Fsp3) is 0.355. The Labute approximate surface area is 224 Å². The molecule has 0 spiro atoms. The lowest BCUT2D eigenvalue weighted by molar-refractivity contribution is -0.154. The summed E-state index contributed by atoms with van der Waals surface area (Å²) in [7, 11) is 1.69. The van der Waals surface area contributed by atoms with Crippen LogP contribution in [0.3, 0.4) is 0 Å². The summed E-state index contributed by atoms with van der Waals surface area (Å²) in [6, 6.07) is 18.3. The van der Waals surface area contributed by atoms with Crippen LogP contribution in [0.15, 0.2) is 65.3 Å². The molecule has 0 amide bonds. The first-order valence-corrected chi connectivity index (χ1v) is 12.9. The van der Waals surface area contributed by atoms with Gasteiger partial charge in [-0.25, -0.2) is 0 Å². The predicted octanol–water partition coefficient (Wildman–Crippen LogP) is 6.97. The van der Waals surface area contributed by atoms with Gasteiger partial charge in [-0.3, -0.25) is 9.78 Å². The SMILES string of the molecule is COCc1cc(-c2nc(-c3ccc(CCCCC(=O)OC(C)(C)C)nc3)no2)ccc1-c1ccccc1C. The van der Waals surface area contributed by atoms with Gasteiger partial charge in [-0.05, 0) is 93.5 Å². The van der Waals surface area contributed by atoms with E-state index < -0.39 is 5.60 Å². The lowest BCUT2D eigenvalue weighted by Crippen LogP contribution is -2.23. The zero-order valence-corrected chi connectivity index (χ0v) is 22.8. The lowest BCUT2D eigenvalue weighted by Gasteiger charge is -2.19. The Balaban J connectivity index is 1.41. The Morgan fingerprint density at radius 2 is 1.76 bits per heavy atom. The number of carbonyl (C=O) groups is 1. The molecule has 0 bridgehead atoms. The van der Waals surface area contributed by atoms with E-state index in [0.717, 1.165) is 47.2 Å². The van der Waals surface area contributed by atoms with Crippen molar-refractivity contribution in [2.45, 2.75) is 65.6 Å². The second-order valence-electron chi connectivity index (χ2n) is 10.4. The molecule has 7 nitrogen and oxygen atoms in total. The highest BCUT2D eigenvalue weighted by Gasteiger charge is 2.16. The molecule has 0 saturated heterocycles. The number of hydrogen-bond acceptors (Lipinski definition) is 7. The second kappa shape index (κ2) is 12.1. The number of carbonyl (C=O) groups excluding carboxylic acids is 1. The van der Waals surface area contributed by atoms with Gasteiger partial charge in [0.15, 0.2) is 0 Å². The number of ether oxygens (including phenoxy) is 2. The van der Waals surface area contributed by atoms with Crippen LogP contribution in [0.25, 0.3) is 34.0 Å². The number of unbranched alkanes of at least 4 members (excludes halogenated alkanes) is 1. The minimum absolute atomic E-state index is 0.159.